The van der Waals surface area contributed by atoms with E-state index >= 15 is 0 Å². The van der Waals surface area contributed by atoms with Gasteiger partial charge in [0.1, 0.15) is 6.23 Å². The molecule has 3 aliphatic rings. The van der Waals surface area contributed by atoms with Crippen molar-refractivity contribution in [3.05, 3.63) is 12.2 Å². The van der Waals surface area contributed by atoms with Gasteiger partial charge in [0.25, 0.3) is 0 Å². The fourth-order valence-corrected chi connectivity index (χ4v) is 4.58. The standard InChI is InChI=1S/C22H35NO4/c24-19-11-15-23(18(19)6-3-1-2-4-8-21(26)27)20(25)7-5-12-22(13-14-22)16-17-9-10-17/h1,3,17-18,20,25H,2,4-16H2,(H,26,27). The highest BCUT2D eigenvalue weighted by Gasteiger charge is 2.45. The van der Waals surface area contributed by atoms with Crippen LogP contribution in [0.3, 0.4) is 0 Å². The van der Waals surface area contributed by atoms with Crippen molar-refractivity contribution in [3.8, 4) is 0 Å². The zero-order valence-corrected chi connectivity index (χ0v) is 16.4. The molecular weight excluding hydrogens is 342 g/mol. The first kappa shape index (κ1) is 20.5. The van der Waals surface area contributed by atoms with Gasteiger partial charge < -0.3 is 10.2 Å². The number of nitrogens with zero attached hydrogens (tertiary/aromatic N) is 1. The number of carbonyl (C=O) groups excluding carboxylic acids is 1. The fraction of sp³-hybridized carbons (Fsp3) is 0.818. The van der Waals surface area contributed by atoms with Crippen molar-refractivity contribution in [2.24, 2.45) is 11.3 Å². The maximum Gasteiger partial charge on any atom is 0.303 e. The average molecular weight is 378 g/mol. The van der Waals surface area contributed by atoms with Crippen LogP contribution >= 0.6 is 0 Å². The summed E-state index contributed by atoms with van der Waals surface area (Å²) in [5.74, 6) is 0.436. The van der Waals surface area contributed by atoms with E-state index in [2.05, 4.69) is 0 Å². The molecule has 0 aromatic heterocycles. The Morgan fingerprint density at radius 2 is 2.04 bits per heavy atom. The van der Waals surface area contributed by atoms with Crippen molar-refractivity contribution in [2.75, 3.05) is 6.54 Å². The Kier molecular flexibility index (Phi) is 7.10. The van der Waals surface area contributed by atoms with Crippen LogP contribution in [0.15, 0.2) is 12.2 Å². The highest BCUT2D eigenvalue weighted by molar-refractivity contribution is 5.86. The van der Waals surface area contributed by atoms with Crippen molar-refractivity contribution >= 4 is 11.8 Å². The zero-order valence-electron chi connectivity index (χ0n) is 16.4. The Hall–Kier alpha value is -1.20. The molecule has 0 aromatic carbocycles. The van der Waals surface area contributed by atoms with Gasteiger partial charge in [-0.05, 0) is 69.1 Å². The van der Waals surface area contributed by atoms with Crippen molar-refractivity contribution in [2.45, 2.75) is 95.7 Å². The lowest BCUT2D eigenvalue weighted by atomic mass is 9.92. The van der Waals surface area contributed by atoms with E-state index in [4.69, 9.17) is 5.11 Å². The van der Waals surface area contributed by atoms with Crippen LogP contribution in [-0.2, 0) is 9.59 Å². The van der Waals surface area contributed by atoms with Crippen LogP contribution in [-0.4, -0.2) is 45.7 Å². The SMILES string of the molecule is O=C(O)CCCC=CCC1C(=O)CCN1C(O)CCCC1(CC2CC2)CC1. The first-order valence-electron chi connectivity index (χ1n) is 10.8. The van der Waals surface area contributed by atoms with Crippen LogP contribution in [0.2, 0.25) is 0 Å². The Morgan fingerprint density at radius 3 is 2.70 bits per heavy atom. The minimum atomic E-state index is -0.770. The molecule has 5 heteroatoms. The number of unbranched alkanes of at least 4 members (excludes halogenated alkanes) is 1. The summed E-state index contributed by atoms with van der Waals surface area (Å²) in [6.07, 6.45) is 16.1. The van der Waals surface area contributed by atoms with E-state index in [0.717, 1.165) is 25.2 Å². The number of allylic oxidation sites excluding steroid dienone is 1. The molecule has 3 rings (SSSR count). The van der Waals surface area contributed by atoms with Gasteiger partial charge in [-0.2, -0.15) is 0 Å². The second kappa shape index (κ2) is 9.33. The average Bonchev–Trinajstić information content (AvgIpc) is 3.54. The Balaban J connectivity index is 1.37. The summed E-state index contributed by atoms with van der Waals surface area (Å²) < 4.78 is 0. The minimum absolute atomic E-state index is 0.180. The molecule has 3 fully saturated rings. The second-order valence-electron chi connectivity index (χ2n) is 8.98. The monoisotopic (exact) mass is 377 g/mol. The third kappa shape index (κ3) is 6.42. The van der Waals surface area contributed by atoms with E-state index in [1.165, 1.54) is 38.5 Å². The molecule has 2 N–H and O–H groups in total. The molecule has 2 atom stereocenters. The number of aliphatic hydroxyl groups excluding tert-OH is 1. The van der Waals surface area contributed by atoms with Crippen LogP contribution < -0.4 is 0 Å². The normalized spacial score (nSPS) is 26.0. The lowest BCUT2D eigenvalue weighted by molar-refractivity contribution is -0.137. The van der Waals surface area contributed by atoms with Gasteiger partial charge in [0.15, 0.2) is 5.78 Å². The van der Waals surface area contributed by atoms with Crippen molar-refractivity contribution in [1.82, 2.24) is 4.90 Å². The quantitative estimate of drug-likeness (QED) is 0.376. The summed E-state index contributed by atoms with van der Waals surface area (Å²) in [5, 5.41) is 19.3. The predicted molar refractivity (Wildman–Crippen MR) is 104 cm³/mol. The number of ketones is 1. The molecule has 0 bridgehead atoms. The molecule has 2 unspecified atom stereocenters. The molecule has 1 aliphatic heterocycles. The van der Waals surface area contributed by atoms with Crippen molar-refractivity contribution < 1.29 is 19.8 Å². The number of carboxylic acids is 1. The first-order valence-corrected chi connectivity index (χ1v) is 10.8. The molecule has 1 heterocycles. The van der Waals surface area contributed by atoms with Gasteiger partial charge >= 0.3 is 5.97 Å². The molecule has 0 amide bonds. The summed E-state index contributed by atoms with van der Waals surface area (Å²) in [7, 11) is 0. The van der Waals surface area contributed by atoms with E-state index in [1.807, 2.05) is 17.1 Å². The molecule has 27 heavy (non-hydrogen) atoms. The number of carbonyl (C=O) groups is 2. The summed E-state index contributed by atoms with van der Waals surface area (Å²) in [5.41, 5.74) is 0.597. The topological polar surface area (TPSA) is 77.8 Å². The number of hydrogen-bond acceptors (Lipinski definition) is 4. The first-order chi connectivity index (χ1) is 13.0. The van der Waals surface area contributed by atoms with Crippen LogP contribution in [0.25, 0.3) is 0 Å². The van der Waals surface area contributed by atoms with E-state index in [0.29, 0.717) is 31.2 Å². The highest BCUT2D eigenvalue weighted by atomic mass is 16.4. The van der Waals surface area contributed by atoms with Gasteiger partial charge in [-0.15, -0.1) is 0 Å². The Morgan fingerprint density at radius 1 is 1.26 bits per heavy atom. The number of aliphatic hydroxyl groups is 1. The molecule has 0 radical (unpaired) electrons. The molecule has 2 aliphatic carbocycles. The van der Waals surface area contributed by atoms with Gasteiger partial charge in [0, 0.05) is 19.4 Å². The van der Waals surface area contributed by atoms with Crippen LogP contribution in [0.1, 0.15) is 83.5 Å². The minimum Gasteiger partial charge on any atom is -0.481 e. The van der Waals surface area contributed by atoms with Gasteiger partial charge in [-0.3, -0.25) is 14.5 Å². The Bertz CT molecular complexity index is 551. The largest absolute Gasteiger partial charge is 0.481 e. The van der Waals surface area contributed by atoms with E-state index in [-0.39, 0.29) is 18.2 Å². The number of Topliss-reactive ketones (excluding diaryl/α,β-unsaturated/α-hetero) is 1. The summed E-state index contributed by atoms with van der Waals surface area (Å²) in [4.78, 5) is 24.7. The van der Waals surface area contributed by atoms with Crippen LogP contribution in [0.4, 0.5) is 0 Å². The smallest absolute Gasteiger partial charge is 0.303 e. The van der Waals surface area contributed by atoms with E-state index < -0.39 is 12.2 Å². The van der Waals surface area contributed by atoms with Gasteiger partial charge in [-0.25, -0.2) is 0 Å². The number of rotatable bonds is 13. The van der Waals surface area contributed by atoms with Crippen molar-refractivity contribution in [1.29, 1.82) is 0 Å². The molecule has 152 valence electrons. The molecule has 1 saturated heterocycles. The third-order valence-electron chi connectivity index (χ3n) is 6.60. The molecule has 2 saturated carbocycles. The number of hydrogen-bond donors (Lipinski definition) is 2. The van der Waals surface area contributed by atoms with Gasteiger partial charge in [0.05, 0.1) is 6.04 Å². The Labute approximate surface area is 162 Å². The number of likely N-dealkylation sites (tertiary alicyclic amines) is 1. The van der Waals surface area contributed by atoms with E-state index in [1.54, 1.807) is 0 Å². The maximum atomic E-state index is 12.2. The van der Waals surface area contributed by atoms with Crippen LogP contribution in [0.5, 0.6) is 0 Å². The predicted octanol–water partition coefficient (Wildman–Crippen LogP) is 3.90. The summed E-state index contributed by atoms with van der Waals surface area (Å²) >= 11 is 0. The van der Waals surface area contributed by atoms with Gasteiger partial charge in [-0.1, -0.05) is 25.0 Å². The summed E-state index contributed by atoms with van der Waals surface area (Å²) in [6.45, 7) is 0.657. The number of aliphatic carboxylic acids is 1. The number of carboxylic acid groups (broad SMARTS) is 1. The fourth-order valence-electron chi connectivity index (χ4n) is 4.58. The lowest BCUT2D eigenvalue weighted by Crippen LogP contribution is -2.41. The lowest BCUT2D eigenvalue weighted by Gasteiger charge is -2.28. The van der Waals surface area contributed by atoms with Crippen molar-refractivity contribution in [3.63, 3.8) is 0 Å². The molecule has 0 spiro atoms. The molecular formula is C22H35NO4. The molecule has 0 aromatic rings. The second-order valence-corrected chi connectivity index (χ2v) is 8.98. The summed E-state index contributed by atoms with van der Waals surface area (Å²) in [6, 6.07) is -0.211. The van der Waals surface area contributed by atoms with Gasteiger partial charge in [0.2, 0.25) is 0 Å². The maximum absolute atomic E-state index is 12.2. The highest BCUT2D eigenvalue weighted by Crippen LogP contribution is 2.58. The molecule has 5 nitrogen and oxygen atoms in total. The van der Waals surface area contributed by atoms with Crippen LogP contribution in [0, 0.1) is 11.3 Å². The third-order valence-corrected chi connectivity index (χ3v) is 6.60. The zero-order chi connectivity index (χ0) is 19.3. The van der Waals surface area contributed by atoms with E-state index in [9.17, 15) is 14.7 Å².